The molecule has 0 aliphatic heterocycles. The summed E-state index contributed by atoms with van der Waals surface area (Å²) in [5, 5.41) is 1.50. The molecule has 0 fully saturated rings. The fourth-order valence-electron chi connectivity index (χ4n) is 7.21. The van der Waals surface area contributed by atoms with Crippen molar-refractivity contribution in [2.45, 2.75) is 77.7 Å². The third-order valence-corrected chi connectivity index (χ3v) is 11.0. The second kappa shape index (κ2) is 24.5. The summed E-state index contributed by atoms with van der Waals surface area (Å²) in [6.45, 7) is 3.29. The molecule has 0 aliphatic rings. The first kappa shape index (κ1) is 47.2. The molecule has 7 aromatic carbocycles. The molecule has 0 aromatic heterocycles. The van der Waals surface area contributed by atoms with Crippen molar-refractivity contribution >= 4 is 34.6 Å². The van der Waals surface area contributed by atoms with Crippen molar-refractivity contribution in [2.24, 2.45) is 0 Å². The summed E-state index contributed by atoms with van der Waals surface area (Å²) in [5.74, 6) is 0.121. The summed E-state index contributed by atoms with van der Waals surface area (Å²) in [5.41, 5.74) is 2.26. The zero-order valence-corrected chi connectivity index (χ0v) is 37.7. The van der Waals surface area contributed by atoms with Gasteiger partial charge in [-0.05, 0) is 144 Å². The maximum absolute atomic E-state index is 13.1. The number of ether oxygens (including phenoxy) is 6. The van der Waals surface area contributed by atoms with E-state index < -0.39 is 23.9 Å². The maximum atomic E-state index is 13.1. The molecule has 342 valence electrons. The van der Waals surface area contributed by atoms with Crippen LogP contribution in [0.2, 0.25) is 0 Å². The third-order valence-electron chi connectivity index (χ3n) is 11.0. The highest BCUT2D eigenvalue weighted by Crippen LogP contribution is 2.27. The Morgan fingerprint density at radius 1 is 0.343 bits per heavy atom. The van der Waals surface area contributed by atoms with Gasteiger partial charge in [-0.2, -0.15) is 0 Å². The van der Waals surface area contributed by atoms with Crippen molar-refractivity contribution in [3.05, 3.63) is 192 Å². The minimum Gasteiger partial charge on any atom is -0.494 e. The molecule has 0 radical (unpaired) electrons. The number of rotatable bonds is 23. The average molecular weight is 899 g/mol. The van der Waals surface area contributed by atoms with Gasteiger partial charge in [0.25, 0.3) is 0 Å². The van der Waals surface area contributed by atoms with Crippen molar-refractivity contribution in [1.29, 1.82) is 0 Å². The fourth-order valence-corrected chi connectivity index (χ4v) is 7.21. The second-order valence-electron chi connectivity index (χ2n) is 16.1. The second-order valence-corrected chi connectivity index (χ2v) is 16.1. The van der Waals surface area contributed by atoms with Crippen LogP contribution in [-0.4, -0.2) is 30.5 Å². The third kappa shape index (κ3) is 14.6. The van der Waals surface area contributed by atoms with Gasteiger partial charge in [-0.3, -0.25) is 0 Å². The Balaban J connectivity index is 0.835. The minimum atomic E-state index is -0.613. The summed E-state index contributed by atoms with van der Waals surface area (Å²) >= 11 is 0. The van der Waals surface area contributed by atoms with E-state index in [1.54, 1.807) is 84.9 Å². The van der Waals surface area contributed by atoms with E-state index in [4.69, 9.17) is 28.4 Å². The molecule has 0 spiro atoms. The van der Waals surface area contributed by atoms with E-state index in [1.807, 2.05) is 30.3 Å². The number of carbonyl (C=O) groups is 4. The van der Waals surface area contributed by atoms with Gasteiger partial charge < -0.3 is 28.4 Å². The number of hydrogen-bond acceptors (Lipinski definition) is 10. The average Bonchev–Trinajstić information content (AvgIpc) is 3.36. The van der Waals surface area contributed by atoms with Crippen LogP contribution in [0.15, 0.2) is 164 Å². The molecule has 0 saturated carbocycles. The highest BCUT2D eigenvalue weighted by molar-refractivity contribution is 5.95. The quantitative estimate of drug-likeness (QED) is 0.0348. The van der Waals surface area contributed by atoms with Crippen LogP contribution in [0.3, 0.4) is 0 Å². The molecule has 0 saturated heterocycles. The van der Waals surface area contributed by atoms with Gasteiger partial charge in [0.15, 0.2) is 0 Å². The summed E-state index contributed by atoms with van der Waals surface area (Å²) < 4.78 is 34.0. The first-order chi connectivity index (χ1) is 32.8. The van der Waals surface area contributed by atoms with E-state index in [-0.39, 0.29) is 34.1 Å². The van der Waals surface area contributed by atoms with Crippen LogP contribution < -0.4 is 28.4 Å². The van der Waals surface area contributed by atoms with Gasteiger partial charge in [0.05, 0.1) is 28.9 Å². The number of benzene rings is 7. The normalized spacial score (nSPS) is 10.8. The van der Waals surface area contributed by atoms with Crippen molar-refractivity contribution in [2.75, 3.05) is 6.61 Å². The Labute approximate surface area is 391 Å². The van der Waals surface area contributed by atoms with Crippen LogP contribution in [-0.2, 0) is 6.61 Å². The molecule has 7 aromatic rings. The first-order valence-corrected chi connectivity index (χ1v) is 22.9. The van der Waals surface area contributed by atoms with Gasteiger partial charge in [-0.15, -0.1) is 0 Å². The largest absolute Gasteiger partial charge is 0.494 e. The van der Waals surface area contributed by atoms with Crippen molar-refractivity contribution < 1.29 is 47.6 Å². The lowest BCUT2D eigenvalue weighted by molar-refractivity contribution is 0.0720. The standard InChI is InChI=1S/C57H54O10/c1-2-3-4-5-6-7-8-9-10-14-37-62-48-27-19-43(20-28-48)54(58)64-50-31-23-45(24-32-50)56(60)66-52-35-17-42-18-36-53(39-47(42)38-52)67-57(61)46-25-33-51(34-26-46)65-55(59)44-21-29-49(30-22-44)63-40-41-15-12-11-13-16-41/h11-13,15-36,38-39H,2-10,14,37,40H2,1H3. The van der Waals surface area contributed by atoms with Crippen LogP contribution in [0.4, 0.5) is 0 Å². The number of esters is 4. The zero-order chi connectivity index (χ0) is 46.6. The zero-order valence-electron chi connectivity index (χ0n) is 37.7. The summed E-state index contributed by atoms with van der Waals surface area (Å²) in [6.07, 6.45) is 12.6. The fraction of sp³-hybridized carbons (Fsp3) is 0.228. The monoisotopic (exact) mass is 898 g/mol. The van der Waals surface area contributed by atoms with Gasteiger partial charge in [0, 0.05) is 0 Å². The molecule has 7 rings (SSSR count). The molecule has 67 heavy (non-hydrogen) atoms. The van der Waals surface area contributed by atoms with Gasteiger partial charge >= 0.3 is 23.9 Å². The predicted molar refractivity (Wildman–Crippen MR) is 258 cm³/mol. The lowest BCUT2D eigenvalue weighted by Crippen LogP contribution is -2.10. The minimum absolute atomic E-state index is 0.247. The van der Waals surface area contributed by atoms with Crippen molar-refractivity contribution in [3.8, 4) is 34.5 Å². The Bertz CT molecular complexity index is 2690. The lowest BCUT2D eigenvalue weighted by atomic mass is 10.1. The lowest BCUT2D eigenvalue weighted by Gasteiger charge is -2.10. The van der Waals surface area contributed by atoms with E-state index in [0.717, 1.165) is 23.8 Å². The van der Waals surface area contributed by atoms with Gasteiger partial charge in [0.2, 0.25) is 0 Å². The van der Waals surface area contributed by atoms with Crippen molar-refractivity contribution in [3.63, 3.8) is 0 Å². The number of hydrogen-bond donors (Lipinski definition) is 0. The van der Waals surface area contributed by atoms with E-state index in [2.05, 4.69) is 6.92 Å². The van der Waals surface area contributed by atoms with Crippen LogP contribution in [0, 0.1) is 0 Å². The molecule has 0 bridgehead atoms. The Kier molecular flexibility index (Phi) is 17.3. The summed E-state index contributed by atoms with van der Waals surface area (Å²) in [7, 11) is 0. The van der Waals surface area contributed by atoms with Crippen molar-refractivity contribution in [1.82, 2.24) is 0 Å². The maximum Gasteiger partial charge on any atom is 0.343 e. The van der Waals surface area contributed by atoms with E-state index >= 15 is 0 Å². The predicted octanol–water partition coefficient (Wildman–Crippen LogP) is 13.6. The molecule has 10 heteroatoms. The molecule has 0 atom stereocenters. The van der Waals surface area contributed by atoms with E-state index in [1.165, 1.54) is 99.9 Å². The van der Waals surface area contributed by atoms with Gasteiger partial charge in [0.1, 0.15) is 41.1 Å². The molecule has 0 unspecified atom stereocenters. The first-order valence-electron chi connectivity index (χ1n) is 22.9. The van der Waals surface area contributed by atoms with E-state index in [9.17, 15) is 19.2 Å². The van der Waals surface area contributed by atoms with Gasteiger partial charge in [-0.1, -0.05) is 107 Å². The summed E-state index contributed by atoms with van der Waals surface area (Å²) in [4.78, 5) is 51.8. The smallest absolute Gasteiger partial charge is 0.343 e. The molecular weight excluding hydrogens is 845 g/mol. The number of unbranched alkanes of at least 4 members (excludes halogenated alkanes) is 9. The summed E-state index contributed by atoms with van der Waals surface area (Å²) in [6, 6.07) is 45.7. The van der Waals surface area contributed by atoms with Crippen LogP contribution in [0.5, 0.6) is 34.5 Å². The van der Waals surface area contributed by atoms with Crippen LogP contribution >= 0.6 is 0 Å². The Morgan fingerprint density at radius 3 is 1.13 bits per heavy atom. The Hall–Kier alpha value is -7.72. The number of carbonyl (C=O) groups excluding carboxylic acids is 4. The SMILES string of the molecule is CCCCCCCCCCCCOc1ccc(C(=O)Oc2ccc(C(=O)Oc3ccc4ccc(OC(=O)c5ccc(OC(=O)c6ccc(OCc7ccccc7)cc6)cc5)cc4c3)cc2)cc1. The highest BCUT2D eigenvalue weighted by atomic mass is 16.5. The Morgan fingerprint density at radius 2 is 0.701 bits per heavy atom. The molecule has 10 nitrogen and oxygen atoms in total. The molecule has 0 N–H and O–H groups in total. The van der Waals surface area contributed by atoms with E-state index in [0.29, 0.717) is 41.2 Å². The van der Waals surface area contributed by atoms with Crippen LogP contribution in [0.25, 0.3) is 10.8 Å². The molecule has 0 aliphatic carbocycles. The van der Waals surface area contributed by atoms with Crippen LogP contribution in [0.1, 0.15) is 118 Å². The molecule has 0 heterocycles. The molecule has 0 amide bonds. The number of fused-ring (bicyclic) bond motifs is 1. The highest BCUT2D eigenvalue weighted by Gasteiger charge is 2.15. The van der Waals surface area contributed by atoms with Gasteiger partial charge in [-0.25, -0.2) is 19.2 Å². The topological polar surface area (TPSA) is 124 Å². The molecular formula is C57H54O10.